The number of aromatic nitrogens is 3. The molecule has 198 valence electrons. The summed E-state index contributed by atoms with van der Waals surface area (Å²) < 4.78 is 7.67. The number of aromatic hydroxyl groups is 1. The third-order valence-corrected chi connectivity index (χ3v) is 9.95. The van der Waals surface area contributed by atoms with Crippen LogP contribution in [0.2, 0.25) is 0 Å². The molecule has 0 atom stereocenters. The standard InChI is InChI=1S/C30H27N3O2S4/c1-4-17-33-25(37-22(29(33)35)18-23-28(34)32(6-3)30(36)38-23)19-24-31(5-2)26(20-13-9-7-10-14-20)27(39-24)21-15-11-8-12-16-21/h4,7-16,18-19H,1,5-6,17H2,2-3H3/p+1. The van der Waals surface area contributed by atoms with Gasteiger partial charge in [0.25, 0.3) is 10.6 Å². The first-order chi connectivity index (χ1) is 19.0. The second-order valence-corrected chi connectivity index (χ2v) is 12.5. The van der Waals surface area contributed by atoms with Gasteiger partial charge in [0.15, 0.2) is 3.95 Å². The molecule has 0 aliphatic rings. The van der Waals surface area contributed by atoms with Gasteiger partial charge in [-0.25, -0.2) is 0 Å². The van der Waals surface area contributed by atoms with Gasteiger partial charge in [-0.15, -0.1) is 29.3 Å². The van der Waals surface area contributed by atoms with Gasteiger partial charge >= 0.3 is 0 Å². The fourth-order valence-corrected chi connectivity index (χ4v) is 8.34. The smallest absolute Gasteiger partial charge is 0.269 e. The van der Waals surface area contributed by atoms with E-state index in [0.717, 1.165) is 33.0 Å². The van der Waals surface area contributed by atoms with Gasteiger partial charge < -0.3 is 5.11 Å². The minimum absolute atomic E-state index is 0.100. The molecular formula is C30H28N3O2S4+. The van der Waals surface area contributed by atoms with E-state index >= 15 is 0 Å². The van der Waals surface area contributed by atoms with Crippen molar-refractivity contribution in [2.24, 2.45) is 0 Å². The zero-order chi connectivity index (χ0) is 27.5. The van der Waals surface area contributed by atoms with E-state index in [9.17, 15) is 9.90 Å². The van der Waals surface area contributed by atoms with Crippen LogP contribution in [0.15, 0.2) is 78.1 Å². The number of rotatable bonds is 8. The van der Waals surface area contributed by atoms with Crippen LogP contribution >= 0.6 is 46.2 Å². The number of allylic oxidation sites excluding steroid dienone is 1. The van der Waals surface area contributed by atoms with E-state index in [1.807, 2.05) is 19.1 Å². The van der Waals surface area contributed by atoms with Crippen LogP contribution in [0.3, 0.4) is 0 Å². The van der Waals surface area contributed by atoms with Gasteiger partial charge in [-0.2, -0.15) is 4.57 Å². The van der Waals surface area contributed by atoms with E-state index in [2.05, 4.69) is 72.7 Å². The van der Waals surface area contributed by atoms with E-state index in [0.29, 0.717) is 26.5 Å². The number of hydrogen-bond donors (Lipinski definition) is 1. The summed E-state index contributed by atoms with van der Waals surface area (Å²) in [4.78, 5) is 15.3. The maximum absolute atomic E-state index is 13.5. The molecular weight excluding hydrogens is 563 g/mol. The van der Waals surface area contributed by atoms with Crippen LogP contribution in [0.5, 0.6) is 5.88 Å². The molecule has 2 aromatic carbocycles. The minimum Gasteiger partial charge on any atom is -0.493 e. The Kier molecular flexibility index (Phi) is 8.23. The Morgan fingerprint density at radius 2 is 1.62 bits per heavy atom. The highest BCUT2D eigenvalue weighted by atomic mass is 32.1. The first-order valence-corrected chi connectivity index (χ1v) is 15.5. The van der Waals surface area contributed by atoms with Crippen molar-refractivity contribution in [2.75, 3.05) is 0 Å². The van der Waals surface area contributed by atoms with Gasteiger partial charge in [0, 0.05) is 18.7 Å². The van der Waals surface area contributed by atoms with Crippen molar-refractivity contribution >= 4 is 58.4 Å². The quantitative estimate of drug-likeness (QED) is 0.142. The summed E-state index contributed by atoms with van der Waals surface area (Å²) in [7, 11) is 0. The SMILES string of the molecule is C=CCn1c(=Cc2sc(-c3ccccc3)c(-c3ccccc3)[n+]2CC)sc(=Cc2sc(=S)n(CC)c2O)c1=O. The molecule has 0 aliphatic carbocycles. The molecule has 0 bridgehead atoms. The van der Waals surface area contributed by atoms with Crippen LogP contribution in [0.4, 0.5) is 0 Å². The molecule has 0 aliphatic heterocycles. The molecule has 0 saturated heterocycles. The predicted octanol–water partition coefficient (Wildman–Crippen LogP) is 5.77. The molecule has 0 radical (unpaired) electrons. The largest absolute Gasteiger partial charge is 0.493 e. The van der Waals surface area contributed by atoms with E-state index < -0.39 is 0 Å². The van der Waals surface area contributed by atoms with Crippen molar-refractivity contribution < 1.29 is 9.67 Å². The Balaban J connectivity index is 1.76. The molecule has 5 aromatic rings. The molecule has 0 unspecified atom stereocenters. The first kappa shape index (κ1) is 27.2. The number of hydrogen-bond acceptors (Lipinski definition) is 6. The molecule has 5 rings (SSSR count). The zero-order valence-electron chi connectivity index (χ0n) is 21.7. The molecule has 1 N–H and O–H groups in total. The van der Waals surface area contributed by atoms with Crippen LogP contribution in [0.25, 0.3) is 33.9 Å². The lowest BCUT2D eigenvalue weighted by atomic mass is 10.1. The lowest BCUT2D eigenvalue weighted by Crippen LogP contribution is -2.37. The van der Waals surface area contributed by atoms with Gasteiger partial charge in [0.05, 0.1) is 15.5 Å². The monoisotopic (exact) mass is 590 g/mol. The van der Waals surface area contributed by atoms with Gasteiger partial charge in [0.2, 0.25) is 11.6 Å². The number of benzene rings is 2. The summed E-state index contributed by atoms with van der Waals surface area (Å²) in [6, 6.07) is 20.8. The van der Waals surface area contributed by atoms with E-state index in [1.165, 1.54) is 27.6 Å². The number of thiazole rings is 3. The molecule has 9 heteroatoms. The Bertz CT molecular complexity index is 1870. The average molecular weight is 591 g/mol. The molecule has 39 heavy (non-hydrogen) atoms. The first-order valence-electron chi connectivity index (χ1n) is 12.6. The predicted molar refractivity (Wildman–Crippen MR) is 167 cm³/mol. The molecule has 0 fully saturated rings. The summed E-state index contributed by atoms with van der Waals surface area (Å²) in [5, 5.41) is 11.7. The van der Waals surface area contributed by atoms with Crippen molar-refractivity contribution in [2.45, 2.75) is 33.5 Å². The number of nitrogens with zero attached hydrogens (tertiary/aromatic N) is 3. The van der Waals surface area contributed by atoms with Crippen LogP contribution < -0.4 is 19.3 Å². The average Bonchev–Trinajstić information content (AvgIpc) is 3.56. The highest BCUT2D eigenvalue weighted by Crippen LogP contribution is 2.36. The van der Waals surface area contributed by atoms with Crippen molar-refractivity contribution in [1.82, 2.24) is 9.13 Å². The van der Waals surface area contributed by atoms with Gasteiger partial charge in [-0.05, 0) is 49.8 Å². The normalized spacial score (nSPS) is 12.4. The third-order valence-electron chi connectivity index (χ3n) is 6.32. The van der Waals surface area contributed by atoms with Crippen molar-refractivity contribution in [3.05, 3.63) is 107 Å². The van der Waals surface area contributed by atoms with Gasteiger partial charge in [-0.3, -0.25) is 13.9 Å². The third kappa shape index (κ3) is 5.27. The van der Waals surface area contributed by atoms with Crippen LogP contribution in [0.1, 0.15) is 23.7 Å². The van der Waals surface area contributed by atoms with E-state index in [4.69, 9.17) is 12.2 Å². The van der Waals surface area contributed by atoms with E-state index in [1.54, 1.807) is 32.6 Å². The lowest BCUT2D eigenvalue weighted by molar-refractivity contribution is -0.679. The maximum Gasteiger partial charge on any atom is 0.269 e. The maximum atomic E-state index is 13.5. The van der Waals surface area contributed by atoms with Crippen LogP contribution in [0, 0.1) is 3.95 Å². The summed E-state index contributed by atoms with van der Waals surface area (Å²) >= 11 is 9.83. The lowest BCUT2D eigenvalue weighted by Gasteiger charge is -2.02. The van der Waals surface area contributed by atoms with Gasteiger partial charge in [-0.1, -0.05) is 65.9 Å². The molecule has 5 nitrogen and oxygen atoms in total. The van der Waals surface area contributed by atoms with Crippen molar-refractivity contribution in [3.63, 3.8) is 0 Å². The molecule has 0 spiro atoms. The second kappa shape index (κ2) is 11.8. The molecule has 3 aromatic heterocycles. The van der Waals surface area contributed by atoms with Crippen LogP contribution in [-0.2, 0) is 19.6 Å². The highest BCUT2D eigenvalue weighted by molar-refractivity contribution is 7.73. The summed E-state index contributed by atoms with van der Waals surface area (Å²) in [6.45, 7) is 9.68. The second-order valence-electron chi connectivity index (χ2n) is 8.69. The molecule has 3 heterocycles. The van der Waals surface area contributed by atoms with Crippen molar-refractivity contribution in [3.8, 4) is 27.6 Å². The molecule has 0 saturated carbocycles. The Morgan fingerprint density at radius 3 is 2.21 bits per heavy atom. The van der Waals surface area contributed by atoms with E-state index in [-0.39, 0.29) is 11.4 Å². The zero-order valence-corrected chi connectivity index (χ0v) is 24.9. The Hall–Kier alpha value is -3.37. The minimum atomic E-state index is -0.112. The van der Waals surface area contributed by atoms with Crippen LogP contribution in [-0.4, -0.2) is 14.2 Å². The van der Waals surface area contributed by atoms with Crippen molar-refractivity contribution in [1.29, 1.82) is 0 Å². The fourth-order valence-electron chi connectivity index (χ4n) is 4.49. The fraction of sp³-hybridized carbons (Fsp3) is 0.167. The summed E-state index contributed by atoms with van der Waals surface area (Å²) in [5.41, 5.74) is 3.35. The summed E-state index contributed by atoms with van der Waals surface area (Å²) in [6.07, 6.45) is 5.58. The highest BCUT2D eigenvalue weighted by Gasteiger charge is 2.27. The Morgan fingerprint density at radius 1 is 0.949 bits per heavy atom. The molecule has 0 amide bonds. The van der Waals surface area contributed by atoms with Gasteiger partial charge in [0.1, 0.15) is 16.1 Å². The summed E-state index contributed by atoms with van der Waals surface area (Å²) in [5.74, 6) is 0.100. The topological polar surface area (TPSA) is 51.0 Å². The Labute approximate surface area is 243 Å².